The van der Waals surface area contributed by atoms with Crippen LogP contribution in [-0.4, -0.2) is 76.9 Å². The van der Waals surface area contributed by atoms with Gasteiger partial charge in [0.2, 0.25) is 5.91 Å². The van der Waals surface area contributed by atoms with Crippen LogP contribution in [0.3, 0.4) is 0 Å². The molecule has 2 aliphatic heterocycles. The Labute approximate surface area is 152 Å². The van der Waals surface area contributed by atoms with Gasteiger partial charge in [0.25, 0.3) is 0 Å². The van der Waals surface area contributed by atoms with Crippen molar-refractivity contribution in [3.8, 4) is 0 Å². The van der Waals surface area contributed by atoms with Crippen LogP contribution in [0.1, 0.15) is 44.9 Å². The number of nitrogens with one attached hydrogen (secondary N) is 1. The van der Waals surface area contributed by atoms with E-state index in [0.29, 0.717) is 13.0 Å². The van der Waals surface area contributed by atoms with Crippen LogP contribution in [0.25, 0.3) is 0 Å². The molecule has 9 heteroatoms. The van der Waals surface area contributed by atoms with Gasteiger partial charge in [-0.15, -0.1) is 0 Å². The standard InChI is InChI=1S/C17H30N2O7/c18-7-5-3-1-2-4-6-10(21)8-11-16(24)19-13-15(23)14(22)12(9-20)26-17(13)25-11/h11-15,17,20,22-23H,1-9,18H2,(H,19,24)/t11-,12+,13+,14-,15+,17+/m0/s1. The van der Waals surface area contributed by atoms with Crippen LogP contribution in [0.4, 0.5) is 0 Å². The number of fused-ring (bicyclic) bond motifs is 1. The maximum absolute atomic E-state index is 12.1. The lowest BCUT2D eigenvalue weighted by Gasteiger charge is -2.46. The normalized spacial score (nSPS) is 34.2. The number of carbonyl (C=O) groups excluding carboxylic acids is 2. The molecule has 2 saturated heterocycles. The molecular formula is C17H30N2O7. The fraction of sp³-hybridized carbons (Fsp3) is 0.882. The molecule has 1 amide bonds. The van der Waals surface area contributed by atoms with Crippen LogP contribution in [0.15, 0.2) is 0 Å². The minimum Gasteiger partial charge on any atom is -0.394 e. The molecule has 2 aliphatic rings. The predicted octanol–water partition coefficient (Wildman–Crippen LogP) is -1.43. The van der Waals surface area contributed by atoms with E-state index in [1.807, 2.05) is 0 Å². The van der Waals surface area contributed by atoms with Crippen LogP contribution in [0, 0.1) is 0 Å². The highest BCUT2D eigenvalue weighted by Crippen LogP contribution is 2.27. The number of aliphatic hydroxyl groups is 3. The zero-order chi connectivity index (χ0) is 19.1. The average Bonchev–Trinajstić information content (AvgIpc) is 2.62. The van der Waals surface area contributed by atoms with Gasteiger partial charge in [0.15, 0.2) is 6.29 Å². The number of hydrogen-bond donors (Lipinski definition) is 5. The van der Waals surface area contributed by atoms with Crippen LogP contribution in [-0.2, 0) is 19.1 Å². The lowest BCUT2D eigenvalue weighted by Crippen LogP contribution is -2.69. The van der Waals surface area contributed by atoms with Crippen molar-refractivity contribution in [3.63, 3.8) is 0 Å². The molecule has 9 nitrogen and oxygen atoms in total. The number of hydrogen-bond acceptors (Lipinski definition) is 8. The summed E-state index contributed by atoms with van der Waals surface area (Å²) in [6.45, 7) is 0.187. The van der Waals surface area contributed by atoms with Crippen molar-refractivity contribution in [1.29, 1.82) is 0 Å². The number of amides is 1. The van der Waals surface area contributed by atoms with Crippen molar-refractivity contribution >= 4 is 11.7 Å². The molecule has 150 valence electrons. The molecule has 0 bridgehead atoms. The number of ether oxygens (including phenoxy) is 2. The van der Waals surface area contributed by atoms with Gasteiger partial charge in [-0.25, -0.2) is 0 Å². The summed E-state index contributed by atoms with van der Waals surface area (Å²) in [7, 11) is 0. The summed E-state index contributed by atoms with van der Waals surface area (Å²) in [5.41, 5.74) is 5.43. The average molecular weight is 374 g/mol. The number of aliphatic hydroxyl groups excluding tert-OH is 3. The van der Waals surface area contributed by atoms with E-state index in [4.69, 9.17) is 15.2 Å². The molecular weight excluding hydrogens is 344 g/mol. The molecule has 26 heavy (non-hydrogen) atoms. The summed E-state index contributed by atoms with van der Waals surface area (Å²) in [5.74, 6) is -0.586. The van der Waals surface area contributed by atoms with Crippen molar-refractivity contribution in [2.75, 3.05) is 13.2 Å². The molecule has 0 radical (unpaired) electrons. The lowest BCUT2D eigenvalue weighted by molar-refractivity contribution is -0.290. The summed E-state index contributed by atoms with van der Waals surface area (Å²) in [4.78, 5) is 24.2. The van der Waals surface area contributed by atoms with Gasteiger partial charge in [0.1, 0.15) is 36.2 Å². The van der Waals surface area contributed by atoms with Gasteiger partial charge in [-0.2, -0.15) is 0 Å². The van der Waals surface area contributed by atoms with E-state index in [0.717, 1.165) is 32.1 Å². The van der Waals surface area contributed by atoms with E-state index >= 15 is 0 Å². The van der Waals surface area contributed by atoms with E-state index in [-0.39, 0.29) is 12.2 Å². The summed E-state index contributed by atoms with van der Waals surface area (Å²) in [6, 6.07) is -0.936. The van der Waals surface area contributed by atoms with Gasteiger partial charge in [-0.1, -0.05) is 19.3 Å². The number of nitrogens with two attached hydrogens (primary N) is 1. The van der Waals surface area contributed by atoms with E-state index in [1.165, 1.54) is 0 Å². The number of morpholine rings is 1. The number of ketones is 1. The van der Waals surface area contributed by atoms with Crippen LogP contribution >= 0.6 is 0 Å². The van der Waals surface area contributed by atoms with Crippen LogP contribution in [0.2, 0.25) is 0 Å². The molecule has 6 atom stereocenters. The first kappa shape index (κ1) is 21.2. The summed E-state index contributed by atoms with van der Waals surface area (Å²) in [5, 5.41) is 31.7. The second-order valence-corrected chi connectivity index (χ2v) is 6.92. The molecule has 0 aliphatic carbocycles. The second kappa shape index (κ2) is 10.3. The van der Waals surface area contributed by atoms with Crippen molar-refractivity contribution in [2.45, 2.75) is 81.7 Å². The highest BCUT2D eigenvalue weighted by Gasteiger charge is 2.50. The zero-order valence-corrected chi connectivity index (χ0v) is 14.9. The number of Topliss-reactive ketones (excluding diaryl/α,β-unsaturated/α-hetero) is 1. The molecule has 0 unspecified atom stereocenters. The molecule has 6 N–H and O–H groups in total. The third-order valence-corrected chi connectivity index (χ3v) is 4.85. The first-order chi connectivity index (χ1) is 12.5. The van der Waals surface area contributed by atoms with Gasteiger partial charge in [-0.05, 0) is 19.4 Å². The highest BCUT2D eigenvalue weighted by molar-refractivity contribution is 5.89. The SMILES string of the molecule is NCCCCCCCC(=O)C[C@@H]1O[C@@H]2O[C@H](CO)[C@H](O)[C@H](O)[C@H]2NC1=O. The Morgan fingerprint density at radius 3 is 2.46 bits per heavy atom. The monoisotopic (exact) mass is 374 g/mol. The Bertz CT molecular complexity index is 476. The largest absolute Gasteiger partial charge is 0.394 e. The van der Waals surface area contributed by atoms with Gasteiger partial charge < -0.3 is 35.8 Å². The molecule has 2 fully saturated rings. The first-order valence-electron chi connectivity index (χ1n) is 9.28. The Morgan fingerprint density at radius 2 is 1.77 bits per heavy atom. The molecule has 2 heterocycles. The predicted molar refractivity (Wildman–Crippen MR) is 90.9 cm³/mol. The van der Waals surface area contributed by atoms with Crippen LogP contribution < -0.4 is 11.1 Å². The second-order valence-electron chi connectivity index (χ2n) is 6.92. The number of carbonyl (C=O) groups is 2. The molecule has 0 aromatic rings. The Kier molecular flexibility index (Phi) is 8.39. The Balaban J connectivity index is 1.78. The summed E-state index contributed by atoms with van der Waals surface area (Å²) < 4.78 is 10.9. The van der Waals surface area contributed by atoms with E-state index in [2.05, 4.69) is 5.32 Å². The van der Waals surface area contributed by atoms with Crippen molar-refractivity contribution in [1.82, 2.24) is 5.32 Å². The topological polar surface area (TPSA) is 151 Å². The summed E-state index contributed by atoms with van der Waals surface area (Å²) >= 11 is 0. The third-order valence-electron chi connectivity index (χ3n) is 4.85. The fourth-order valence-corrected chi connectivity index (χ4v) is 3.28. The quantitative estimate of drug-likeness (QED) is 0.292. The molecule has 0 aromatic heterocycles. The van der Waals surface area contributed by atoms with Gasteiger partial charge in [0, 0.05) is 12.8 Å². The Hall–Kier alpha value is -1.10. The smallest absolute Gasteiger partial charge is 0.250 e. The lowest BCUT2D eigenvalue weighted by atomic mass is 9.95. The zero-order valence-electron chi connectivity index (χ0n) is 14.9. The molecule has 0 saturated carbocycles. The maximum Gasteiger partial charge on any atom is 0.250 e. The van der Waals surface area contributed by atoms with Crippen molar-refractivity contribution in [3.05, 3.63) is 0 Å². The Morgan fingerprint density at radius 1 is 1.08 bits per heavy atom. The van der Waals surface area contributed by atoms with Gasteiger partial charge in [-0.3, -0.25) is 9.59 Å². The van der Waals surface area contributed by atoms with E-state index in [1.54, 1.807) is 0 Å². The third kappa shape index (κ3) is 5.45. The van der Waals surface area contributed by atoms with Crippen LogP contribution in [0.5, 0.6) is 0 Å². The molecule has 0 aromatic carbocycles. The van der Waals surface area contributed by atoms with E-state index < -0.39 is 49.3 Å². The number of rotatable bonds is 10. The van der Waals surface area contributed by atoms with Crippen molar-refractivity contribution < 1.29 is 34.4 Å². The fourth-order valence-electron chi connectivity index (χ4n) is 3.28. The van der Waals surface area contributed by atoms with Gasteiger partial charge in [0.05, 0.1) is 6.61 Å². The maximum atomic E-state index is 12.1. The van der Waals surface area contributed by atoms with Gasteiger partial charge >= 0.3 is 0 Å². The molecule has 0 spiro atoms. The molecule has 2 rings (SSSR count). The summed E-state index contributed by atoms with van der Waals surface area (Å²) in [6.07, 6.45) is -0.576. The first-order valence-corrected chi connectivity index (χ1v) is 9.28. The minimum absolute atomic E-state index is 0.0658. The highest BCUT2D eigenvalue weighted by atomic mass is 16.7. The minimum atomic E-state index is -1.33. The van der Waals surface area contributed by atoms with Crippen molar-refractivity contribution in [2.24, 2.45) is 5.73 Å². The van der Waals surface area contributed by atoms with E-state index in [9.17, 15) is 24.9 Å². The number of unbranched alkanes of at least 4 members (excludes halogenated alkanes) is 4.